The van der Waals surface area contributed by atoms with Crippen LogP contribution in [0.2, 0.25) is 0 Å². The van der Waals surface area contributed by atoms with Gasteiger partial charge in [0.2, 0.25) is 5.91 Å². The third-order valence-electron chi connectivity index (χ3n) is 3.04. The number of nitrogens with zero attached hydrogens (tertiary/aromatic N) is 1. The van der Waals surface area contributed by atoms with Gasteiger partial charge in [0.25, 0.3) is 0 Å². The zero-order chi connectivity index (χ0) is 13.8. The Morgan fingerprint density at radius 3 is 2.84 bits per heavy atom. The molecule has 0 aliphatic heterocycles. The highest BCUT2D eigenvalue weighted by Crippen LogP contribution is 2.17. The third kappa shape index (κ3) is 3.58. The van der Waals surface area contributed by atoms with Crippen LogP contribution in [0.3, 0.4) is 0 Å². The molecule has 1 aromatic carbocycles. The van der Waals surface area contributed by atoms with Gasteiger partial charge in [0.1, 0.15) is 6.54 Å². The number of hydrogen-bond acceptors (Lipinski definition) is 2. The number of benzene rings is 1. The first-order valence-electron chi connectivity index (χ1n) is 6.63. The van der Waals surface area contributed by atoms with Crippen LogP contribution in [0.1, 0.15) is 19.4 Å². The molecule has 1 heterocycles. The molecule has 102 valence electrons. The van der Waals surface area contributed by atoms with Crippen molar-refractivity contribution in [2.24, 2.45) is 11.7 Å². The fraction of sp³-hybridized carbons (Fsp3) is 0.400. The number of rotatable bonds is 6. The summed E-state index contributed by atoms with van der Waals surface area (Å²) in [5, 5.41) is 4.57. The number of carbonyl (C=O) groups is 1. The van der Waals surface area contributed by atoms with Crippen LogP contribution < -0.4 is 11.1 Å². The molecule has 0 unspecified atom stereocenters. The smallest absolute Gasteiger partial charge is 0.237 e. The molecule has 0 spiro atoms. The molecular formula is C15H21N3O. The van der Waals surface area contributed by atoms with Crippen molar-refractivity contribution in [2.75, 3.05) is 6.54 Å². The van der Waals surface area contributed by atoms with Crippen LogP contribution in [0.25, 0.3) is 10.9 Å². The van der Waals surface area contributed by atoms with E-state index in [0.29, 0.717) is 5.92 Å². The van der Waals surface area contributed by atoms with E-state index in [0.717, 1.165) is 24.0 Å². The standard InChI is InChI=1S/C15H21N3O/c1-11(2)8-17-9-12-3-4-14-13(7-12)5-6-18(14)10-15(16)19/h3-7,11,17H,8-10H2,1-2H3,(H2,16,19). The average Bonchev–Trinajstić information content (AvgIpc) is 2.71. The van der Waals surface area contributed by atoms with E-state index in [1.54, 1.807) is 0 Å². The van der Waals surface area contributed by atoms with Gasteiger partial charge in [-0.3, -0.25) is 4.79 Å². The summed E-state index contributed by atoms with van der Waals surface area (Å²) in [7, 11) is 0. The molecule has 0 aliphatic carbocycles. The van der Waals surface area contributed by atoms with Gasteiger partial charge in [-0.2, -0.15) is 0 Å². The predicted molar refractivity (Wildman–Crippen MR) is 77.7 cm³/mol. The molecule has 4 nitrogen and oxygen atoms in total. The number of amides is 1. The number of nitrogens with two attached hydrogens (primary N) is 1. The van der Waals surface area contributed by atoms with Crippen LogP contribution in [0, 0.1) is 5.92 Å². The molecular weight excluding hydrogens is 238 g/mol. The van der Waals surface area contributed by atoms with E-state index in [9.17, 15) is 4.79 Å². The maximum atomic E-state index is 11.0. The Bertz CT molecular complexity index is 572. The number of fused-ring (bicyclic) bond motifs is 1. The van der Waals surface area contributed by atoms with E-state index in [1.807, 2.05) is 22.9 Å². The topological polar surface area (TPSA) is 60.1 Å². The molecule has 4 heteroatoms. The lowest BCUT2D eigenvalue weighted by atomic mass is 10.1. The molecule has 19 heavy (non-hydrogen) atoms. The molecule has 0 aliphatic rings. The van der Waals surface area contributed by atoms with E-state index >= 15 is 0 Å². The summed E-state index contributed by atoms with van der Waals surface area (Å²) in [6.45, 7) is 6.50. The minimum atomic E-state index is -0.319. The molecule has 0 radical (unpaired) electrons. The van der Waals surface area contributed by atoms with E-state index < -0.39 is 0 Å². The zero-order valence-corrected chi connectivity index (χ0v) is 11.5. The first kappa shape index (κ1) is 13.6. The fourth-order valence-corrected chi connectivity index (χ4v) is 2.17. The lowest BCUT2D eigenvalue weighted by molar-refractivity contribution is -0.118. The lowest BCUT2D eigenvalue weighted by Crippen LogP contribution is -2.19. The summed E-state index contributed by atoms with van der Waals surface area (Å²) in [6.07, 6.45) is 1.90. The SMILES string of the molecule is CC(C)CNCc1ccc2c(ccn2CC(N)=O)c1. The van der Waals surface area contributed by atoms with Crippen molar-refractivity contribution in [2.45, 2.75) is 26.9 Å². The van der Waals surface area contributed by atoms with Crippen molar-refractivity contribution in [1.29, 1.82) is 0 Å². The molecule has 2 aromatic rings. The van der Waals surface area contributed by atoms with Gasteiger partial charge in [0.05, 0.1) is 0 Å². The molecule has 0 bridgehead atoms. The molecule has 0 saturated carbocycles. The quantitative estimate of drug-likeness (QED) is 0.832. The van der Waals surface area contributed by atoms with E-state index in [1.165, 1.54) is 5.56 Å². The van der Waals surface area contributed by atoms with Gasteiger partial charge in [0.15, 0.2) is 0 Å². The van der Waals surface area contributed by atoms with Crippen LogP contribution in [0.15, 0.2) is 30.5 Å². The predicted octanol–water partition coefficient (Wildman–Crippen LogP) is 1.87. The molecule has 1 amide bonds. The summed E-state index contributed by atoms with van der Waals surface area (Å²) in [5.74, 6) is 0.334. The van der Waals surface area contributed by atoms with Gasteiger partial charge in [0, 0.05) is 18.3 Å². The highest BCUT2D eigenvalue weighted by Gasteiger charge is 2.04. The Labute approximate surface area is 113 Å². The van der Waals surface area contributed by atoms with Crippen LogP contribution >= 0.6 is 0 Å². The summed E-state index contributed by atoms with van der Waals surface area (Å²) < 4.78 is 1.88. The summed E-state index contributed by atoms with van der Waals surface area (Å²) in [5.41, 5.74) is 7.53. The maximum Gasteiger partial charge on any atom is 0.237 e. The number of aromatic nitrogens is 1. The largest absolute Gasteiger partial charge is 0.368 e. The zero-order valence-electron chi connectivity index (χ0n) is 11.5. The molecule has 0 atom stereocenters. The van der Waals surface area contributed by atoms with E-state index in [4.69, 9.17) is 5.73 Å². The number of carbonyl (C=O) groups excluding carboxylic acids is 1. The minimum absolute atomic E-state index is 0.231. The normalized spacial score (nSPS) is 11.3. The minimum Gasteiger partial charge on any atom is -0.368 e. The average molecular weight is 259 g/mol. The number of primary amides is 1. The number of nitrogens with one attached hydrogen (secondary N) is 1. The van der Waals surface area contributed by atoms with Gasteiger partial charge in [-0.15, -0.1) is 0 Å². The monoisotopic (exact) mass is 259 g/mol. The fourth-order valence-electron chi connectivity index (χ4n) is 2.17. The van der Waals surface area contributed by atoms with Crippen LogP contribution in [0.4, 0.5) is 0 Å². The second kappa shape index (κ2) is 5.89. The Morgan fingerprint density at radius 1 is 1.37 bits per heavy atom. The van der Waals surface area contributed by atoms with Crippen molar-refractivity contribution in [3.05, 3.63) is 36.0 Å². The maximum absolute atomic E-state index is 11.0. The highest BCUT2D eigenvalue weighted by atomic mass is 16.1. The van der Waals surface area contributed by atoms with Crippen molar-refractivity contribution in [3.8, 4) is 0 Å². The van der Waals surface area contributed by atoms with Crippen LogP contribution in [-0.4, -0.2) is 17.0 Å². The summed E-state index contributed by atoms with van der Waals surface area (Å²) in [4.78, 5) is 11.0. The molecule has 0 saturated heterocycles. The Balaban J connectivity index is 2.11. The number of hydrogen-bond donors (Lipinski definition) is 2. The Hall–Kier alpha value is -1.81. The van der Waals surface area contributed by atoms with E-state index in [2.05, 4.69) is 31.3 Å². The third-order valence-corrected chi connectivity index (χ3v) is 3.04. The Kier molecular flexibility index (Phi) is 4.22. The van der Waals surface area contributed by atoms with Gasteiger partial charge in [-0.05, 0) is 41.6 Å². The van der Waals surface area contributed by atoms with Crippen molar-refractivity contribution < 1.29 is 4.79 Å². The second-order valence-electron chi connectivity index (χ2n) is 5.33. The van der Waals surface area contributed by atoms with Crippen LogP contribution in [0.5, 0.6) is 0 Å². The molecule has 3 N–H and O–H groups in total. The van der Waals surface area contributed by atoms with Gasteiger partial charge in [-0.1, -0.05) is 19.9 Å². The summed E-state index contributed by atoms with van der Waals surface area (Å²) in [6, 6.07) is 8.31. The molecule has 0 fully saturated rings. The first-order valence-corrected chi connectivity index (χ1v) is 6.63. The summed E-state index contributed by atoms with van der Waals surface area (Å²) >= 11 is 0. The van der Waals surface area contributed by atoms with Crippen LogP contribution in [-0.2, 0) is 17.9 Å². The van der Waals surface area contributed by atoms with E-state index in [-0.39, 0.29) is 12.5 Å². The van der Waals surface area contributed by atoms with Gasteiger partial charge in [-0.25, -0.2) is 0 Å². The highest BCUT2D eigenvalue weighted by molar-refractivity contribution is 5.83. The lowest BCUT2D eigenvalue weighted by Gasteiger charge is -2.08. The van der Waals surface area contributed by atoms with Crippen molar-refractivity contribution >= 4 is 16.8 Å². The second-order valence-corrected chi connectivity index (χ2v) is 5.33. The van der Waals surface area contributed by atoms with Crippen molar-refractivity contribution in [3.63, 3.8) is 0 Å². The van der Waals surface area contributed by atoms with Gasteiger partial charge >= 0.3 is 0 Å². The van der Waals surface area contributed by atoms with Crippen molar-refractivity contribution in [1.82, 2.24) is 9.88 Å². The molecule has 2 rings (SSSR count). The molecule has 1 aromatic heterocycles. The van der Waals surface area contributed by atoms with Gasteiger partial charge < -0.3 is 15.6 Å². The Morgan fingerprint density at radius 2 is 2.16 bits per heavy atom. The first-order chi connectivity index (χ1) is 9.06.